The van der Waals surface area contributed by atoms with E-state index in [0.29, 0.717) is 53.1 Å². The van der Waals surface area contributed by atoms with Crippen LogP contribution >= 0.6 is 0 Å². The van der Waals surface area contributed by atoms with Crippen molar-refractivity contribution in [1.82, 2.24) is 9.80 Å². The number of fused-ring (bicyclic) bond motifs is 1. The summed E-state index contributed by atoms with van der Waals surface area (Å²) in [7, 11) is 1.83. The molecule has 0 aliphatic carbocycles. The Morgan fingerprint density at radius 3 is 2.44 bits per heavy atom. The molecule has 1 aliphatic rings. The Morgan fingerprint density at radius 2 is 1.82 bits per heavy atom. The smallest absolute Gasteiger partial charge is 0.250 e. The van der Waals surface area contributed by atoms with Crippen molar-refractivity contribution in [3.63, 3.8) is 0 Å². The molecular formula is C31H39FN4O3. The lowest BCUT2D eigenvalue weighted by atomic mass is 9.97. The molecule has 0 saturated carbocycles. The minimum absolute atomic E-state index is 0.146. The second kappa shape index (κ2) is 12.8. The number of likely N-dealkylation sites (N-methyl/N-ethyl adjacent to an activating group) is 1. The second-order valence-corrected chi connectivity index (χ2v) is 10.6. The van der Waals surface area contributed by atoms with Crippen molar-refractivity contribution in [2.45, 2.75) is 52.6 Å². The number of carbonyl (C=O) groups is 2. The van der Waals surface area contributed by atoms with E-state index in [1.807, 2.05) is 25.8 Å². The SMILES string of the molecule is CCCN(CCC)C(=O)C1=Cc2c(F)cc(-c3ccc(C=O)c(/C=C\N(C)CC(C)(C)O)c3)cc2N=C(N)C1. The number of aldehydes is 1. The molecule has 8 heteroatoms. The highest BCUT2D eigenvalue weighted by Gasteiger charge is 2.23. The summed E-state index contributed by atoms with van der Waals surface area (Å²) in [5.41, 5.74) is 8.72. The molecule has 3 rings (SSSR count). The zero-order chi connectivity index (χ0) is 28.7. The molecule has 0 aromatic heterocycles. The fraction of sp³-hybridized carbons (Fsp3) is 0.387. The van der Waals surface area contributed by atoms with Gasteiger partial charge in [0.2, 0.25) is 5.91 Å². The third-order valence-electron chi connectivity index (χ3n) is 6.30. The average Bonchev–Trinajstić information content (AvgIpc) is 3.04. The van der Waals surface area contributed by atoms with Crippen LogP contribution in [-0.4, -0.2) is 65.2 Å². The normalized spacial score (nSPS) is 13.4. The fourth-order valence-electron chi connectivity index (χ4n) is 4.69. The first-order chi connectivity index (χ1) is 18.4. The number of hydrogen-bond acceptors (Lipinski definition) is 6. The van der Waals surface area contributed by atoms with Gasteiger partial charge >= 0.3 is 0 Å². The van der Waals surface area contributed by atoms with Crippen LogP contribution in [0.3, 0.4) is 0 Å². The predicted octanol–water partition coefficient (Wildman–Crippen LogP) is 5.40. The molecule has 1 heterocycles. The van der Waals surface area contributed by atoms with Crippen molar-refractivity contribution < 1.29 is 19.1 Å². The van der Waals surface area contributed by atoms with E-state index in [0.717, 1.165) is 19.1 Å². The van der Waals surface area contributed by atoms with Crippen LogP contribution in [0, 0.1) is 5.82 Å². The molecule has 0 fully saturated rings. The maximum Gasteiger partial charge on any atom is 0.250 e. The number of nitrogens with zero attached hydrogens (tertiary/aromatic N) is 3. The van der Waals surface area contributed by atoms with Gasteiger partial charge in [-0.2, -0.15) is 0 Å². The Morgan fingerprint density at radius 1 is 1.13 bits per heavy atom. The van der Waals surface area contributed by atoms with Crippen LogP contribution in [0.25, 0.3) is 23.3 Å². The van der Waals surface area contributed by atoms with Crippen molar-refractivity contribution in [2.75, 3.05) is 26.7 Å². The van der Waals surface area contributed by atoms with Gasteiger partial charge in [-0.05, 0) is 79.9 Å². The van der Waals surface area contributed by atoms with E-state index in [-0.39, 0.29) is 23.7 Å². The van der Waals surface area contributed by atoms with Crippen molar-refractivity contribution >= 4 is 35.9 Å². The van der Waals surface area contributed by atoms with Gasteiger partial charge < -0.3 is 20.6 Å². The number of rotatable bonds is 11. The lowest BCUT2D eigenvalue weighted by Gasteiger charge is -2.24. The summed E-state index contributed by atoms with van der Waals surface area (Å²) in [6.07, 6.45) is 7.71. The highest BCUT2D eigenvalue weighted by Crippen LogP contribution is 2.35. The molecule has 208 valence electrons. The Hall–Kier alpha value is -3.78. The van der Waals surface area contributed by atoms with Crippen LogP contribution in [0.4, 0.5) is 10.1 Å². The van der Waals surface area contributed by atoms with Crippen LogP contribution in [0.5, 0.6) is 0 Å². The molecule has 3 N–H and O–H groups in total. The summed E-state index contributed by atoms with van der Waals surface area (Å²) >= 11 is 0. The maximum absolute atomic E-state index is 15.5. The van der Waals surface area contributed by atoms with Gasteiger partial charge in [0, 0.05) is 49.8 Å². The number of aliphatic hydroxyl groups is 1. The minimum Gasteiger partial charge on any atom is -0.389 e. The first-order valence-electron chi connectivity index (χ1n) is 13.3. The van der Waals surface area contributed by atoms with Crippen molar-refractivity contribution in [3.8, 4) is 11.1 Å². The molecule has 0 radical (unpaired) electrons. The highest BCUT2D eigenvalue weighted by atomic mass is 19.1. The van der Waals surface area contributed by atoms with Crippen molar-refractivity contribution in [2.24, 2.45) is 10.7 Å². The number of amides is 1. The molecule has 39 heavy (non-hydrogen) atoms. The summed E-state index contributed by atoms with van der Waals surface area (Å²) in [5, 5.41) is 10.1. The number of nitrogens with two attached hydrogens (primary N) is 1. The Bertz CT molecular complexity index is 1300. The Labute approximate surface area is 230 Å². The van der Waals surface area contributed by atoms with E-state index in [1.54, 1.807) is 61.4 Å². The van der Waals surface area contributed by atoms with E-state index in [9.17, 15) is 14.7 Å². The summed E-state index contributed by atoms with van der Waals surface area (Å²) < 4.78 is 15.5. The Kier molecular flexibility index (Phi) is 9.81. The van der Waals surface area contributed by atoms with Crippen LogP contribution in [0.2, 0.25) is 0 Å². The summed E-state index contributed by atoms with van der Waals surface area (Å²) in [6, 6.07) is 8.40. The molecule has 0 spiro atoms. The summed E-state index contributed by atoms with van der Waals surface area (Å²) in [4.78, 5) is 33.0. The second-order valence-electron chi connectivity index (χ2n) is 10.6. The first kappa shape index (κ1) is 29.8. The minimum atomic E-state index is -0.876. The average molecular weight is 535 g/mol. The van der Waals surface area contributed by atoms with Gasteiger partial charge in [0.15, 0.2) is 6.29 Å². The van der Waals surface area contributed by atoms with E-state index in [1.165, 1.54) is 6.07 Å². The number of carbonyl (C=O) groups excluding carboxylic acids is 2. The van der Waals surface area contributed by atoms with Gasteiger partial charge in [-0.1, -0.05) is 26.0 Å². The first-order valence-corrected chi connectivity index (χ1v) is 13.3. The van der Waals surface area contributed by atoms with Crippen LogP contribution in [-0.2, 0) is 4.79 Å². The van der Waals surface area contributed by atoms with Gasteiger partial charge in [0.05, 0.1) is 11.3 Å². The molecule has 7 nitrogen and oxygen atoms in total. The molecule has 0 saturated heterocycles. The zero-order valence-electron chi connectivity index (χ0n) is 23.5. The lowest BCUT2D eigenvalue weighted by molar-refractivity contribution is -0.127. The van der Waals surface area contributed by atoms with Crippen molar-refractivity contribution in [1.29, 1.82) is 0 Å². The van der Waals surface area contributed by atoms with Crippen LogP contribution < -0.4 is 5.73 Å². The summed E-state index contributed by atoms with van der Waals surface area (Å²) in [5.74, 6) is -0.415. The van der Waals surface area contributed by atoms with E-state index in [2.05, 4.69) is 4.99 Å². The largest absolute Gasteiger partial charge is 0.389 e. The van der Waals surface area contributed by atoms with Crippen molar-refractivity contribution in [3.05, 3.63) is 64.6 Å². The zero-order valence-corrected chi connectivity index (χ0v) is 23.5. The lowest BCUT2D eigenvalue weighted by Crippen LogP contribution is -2.34. The van der Waals surface area contributed by atoms with Gasteiger partial charge in [-0.3, -0.25) is 9.59 Å². The number of aliphatic imine (C=N–C) groups is 1. The fourth-order valence-corrected chi connectivity index (χ4v) is 4.69. The third kappa shape index (κ3) is 7.86. The van der Waals surface area contributed by atoms with Gasteiger partial charge in [0.25, 0.3) is 0 Å². The summed E-state index contributed by atoms with van der Waals surface area (Å²) in [6.45, 7) is 9.12. The third-order valence-corrected chi connectivity index (χ3v) is 6.30. The van der Waals surface area contributed by atoms with Gasteiger partial charge in [-0.15, -0.1) is 0 Å². The molecule has 2 aromatic rings. The predicted molar refractivity (Wildman–Crippen MR) is 156 cm³/mol. The Balaban J connectivity index is 2.01. The number of halogens is 1. The topological polar surface area (TPSA) is 99.2 Å². The maximum atomic E-state index is 15.5. The molecule has 1 aliphatic heterocycles. The van der Waals surface area contributed by atoms with E-state index in [4.69, 9.17) is 5.73 Å². The van der Waals surface area contributed by atoms with E-state index < -0.39 is 11.4 Å². The number of hydrogen-bond donors (Lipinski definition) is 2. The van der Waals surface area contributed by atoms with E-state index >= 15 is 4.39 Å². The molecule has 0 bridgehead atoms. The molecule has 1 amide bonds. The highest BCUT2D eigenvalue weighted by molar-refractivity contribution is 6.05. The number of benzene rings is 2. The van der Waals surface area contributed by atoms with Gasteiger partial charge in [-0.25, -0.2) is 9.38 Å². The molecule has 2 aromatic carbocycles. The monoisotopic (exact) mass is 534 g/mol. The molecule has 0 atom stereocenters. The van der Waals surface area contributed by atoms with Crippen LogP contribution in [0.15, 0.2) is 47.1 Å². The number of amidine groups is 1. The standard InChI is InChI=1S/C31H39FN4O3/c1-6-11-36(12-7-2)30(38)25-15-26-27(32)16-24(17-28(26)34-29(33)18-25)21-8-9-23(19-37)22(14-21)10-13-35(5)20-31(3,4)39/h8-10,13-17,19,39H,6-7,11-12,18,20H2,1-5H3,(H2,33,34)/b13-10-. The van der Waals surface area contributed by atoms with Gasteiger partial charge in [0.1, 0.15) is 11.7 Å². The molecule has 0 unspecified atom stereocenters. The quantitative estimate of drug-likeness (QED) is 0.376. The molecular weight excluding hydrogens is 495 g/mol. The van der Waals surface area contributed by atoms with Crippen LogP contribution in [0.1, 0.15) is 68.4 Å².